The summed E-state index contributed by atoms with van der Waals surface area (Å²) in [7, 11) is 0. The summed E-state index contributed by atoms with van der Waals surface area (Å²) in [6, 6.07) is 23.2. The van der Waals surface area contributed by atoms with Gasteiger partial charge in [-0.25, -0.2) is 0 Å². The van der Waals surface area contributed by atoms with Gasteiger partial charge in [-0.1, -0.05) is 43.3 Å². The fraction of sp³-hybridized carbons (Fsp3) is 0.130. The van der Waals surface area contributed by atoms with E-state index < -0.39 is 0 Å². The average molecular weight is 374 g/mol. The van der Waals surface area contributed by atoms with E-state index in [0.29, 0.717) is 34.9 Å². The Morgan fingerprint density at radius 1 is 0.821 bits per heavy atom. The van der Waals surface area contributed by atoms with Gasteiger partial charge in [0.2, 0.25) is 0 Å². The molecule has 0 aromatic heterocycles. The Balaban J connectivity index is 1.76. The molecule has 0 fully saturated rings. The quantitative estimate of drug-likeness (QED) is 0.620. The van der Waals surface area contributed by atoms with Gasteiger partial charge in [0.25, 0.3) is 11.8 Å². The summed E-state index contributed by atoms with van der Waals surface area (Å²) in [5.74, 6) is 0.719. The third-order valence-corrected chi connectivity index (χ3v) is 4.03. The fourth-order valence-electron chi connectivity index (χ4n) is 2.61. The molecule has 3 aromatic rings. The van der Waals surface area contributed by atoms with Crippen LogP contribution >= 0.6 is 0 Å². The molecule has 0 aliphatic rings. The van der Waals surface area contributed by atoms with Crippen molar-refractivity contribution in [3.63, 3.8) is 0 Å². The van der Waals surface area contributed by atoms with E-state index >= 15 is 0 Å². The smallest absolute Gasteiger partial charge is 0.255 e. The molecule has 0 bridgehead atoms. The molecule has 0 radical (unpaired) electrons. The van der Waals surface area contributed by atoms with Gasteiger partial charge in [-0.05, 0) is 48.9 Å². The first-order valence-corrected chi connectivity index (χ1v) is 9.19. The number of para-hydroxylation sites is 3. The Labute approximate surface area is 164 Å². The number of hydrogen-bond acceptors (Lipinski definition) is 3. The van der Waals surface area contributed by atoms with Crippen molar-refractivity contribution in [2.45, 2.75) is 13.3 Å². The molecule has 0 spiro atoms. The summed E-state index contributed by atoms with van der Waals surface area (Å²) < 4.78 is 5.87. The highest BCUT2D eigenvalue weighted by atomic mass is 16.5. The van der Waals surface area contributed by atoms with Crippen LogP contribution in [0, 0.1) is 0 Å². The van der Waals surface area contributed by atoms with Crippen LogP contribution in [0.15, 0.2) is 78.9 Å². The minimum atomic E-state index is -0.311. The van der Waals surface area contributed by atoms with Crippen LogP contribution in [-0.4, -0.2) is 18.4 Å². The number of benzene rings is 3. The molecule has 2 amide bonds. The number of rotatable bonds is 7. The maximum Gasteiger partial charge on any atom is 0.255 e. The van der Waals surface area contributed by atoms with Gasteiger partial charge in [0.15, 0.2) is 5.75 Å². The topological polar surface area (TPSA) is 67.4 Å². The van der Waals surface area contributed by atoms with Crippen LogP contribution in [-0.2, 0) is 0 Å². The van der Waals surface area contributed by atoms with Gasteiger partial charge in [0.1, 0.15) is 5.75 Å². The van der Waals surface area contributed by atoms with Crippen molar-refractivity contribution in [2.24, 2.45) is 0 Å². The van der Waals surface area contributed by atoms with E-state index in [1.54, 1.807) is 36.4 Å². The highest BCUT2D eigenvalue weighted by Crippen LogP contribution is 2.29. The number of carbonyl (C=O) groups excluding carboxylic acids is 2. The number of anilines is 1. The van der Waals surface area contributed by atoms with Crippen molar-refractivity contribution in [3.05, 3.63) is 90.0 Å². The van der Waals surface area contributed by atoms with E-state index in [-0.39, 0.29) is 11.8 Å². The predicted octanol–water partition coefficient (Wildman–Crippen LogP) is 4.87. The van der Waals surface area contributed by atoms with Gasteiger partial charge in [-0.3, -0.25) is 9.59 Å². The first kappa shape index (κ1) is 19.2. The molecular formula is C23H22N2O3. The molecular weight excluding hydrogens is 352 g/mol. The third kappa shape index (κ3) is 4.98. The second kappa shape index (κ2) is 9.37. The van der Waals surface area contributed by atoms with E-state index in [0.717, 1.165) is 6.42 Å². The summed E-state index contributed by atoms with van der Waals surface area (Å²) in [6.45, 7) is 2.58. The monoisotopic (exact) mass is 374 g/mol. The molecule has 3 aromatic carbocycles. The predicted molar refractivity (Wildman–Crippen MR) is 110 cm³/mol. The van der Waals surface area contributed by atoms with E-state index in [1.807, 2.05) is 49.4 Å². The Kier molecular flexibility index (Phi) is 6.41. The van der Waals surface area contributed by atoms with Crippen molar-refractivity contribution in [2.75, 3.05) is 11.9 Å². The molecule has 5 heteroatoms. The SMILES string of the molecule is CCCNC(=O)c1cccc(C(=O)Nc2ccccc2Oc2ccccc2)c1. The van der Waals surface area contributed by atoms with E-state index in [1.165, 1.54) is 0 Å². The maximum atomic E-state index is 12.7. The minimum absolute atomic E-state index is 0.190. The number of nitrogens with one attached hydrogen (secondary N) is 2. The fourth-order valence-corrected chi connectivity index (χ4v) is 2.61. The molecule has 28 heavy (non-hydrogen) atoms. The van der Waals surface area contributed by atoms with E-state index in [2.05, 4.69) is 10.6 Å². The van der Waals surface area contributed by atoms with Gasteiger partial charge in [0.05, 0.1) is 5.69 Å². The molecule has 5 nitrogen and oxygen atoms in total. The van der Waals surface area contributed by atoms with Gasteiger partial charge >= 0.3 is 0 Å². The minimum Gasteiger partial charge on any atom is -0.455 e. The first-order valence-electron chi connectivity index (χ1n) is 9.19. The Hall–Kier alpha value is -3.60. The third-order valence-electron chi connectivity index (χ3n) is 4.03. The zero-order valence-corrected chi connectivity index (χ0v) is 15.6. The van der Waals surface area contributed by atoms with Crippen LogP contribution in [0.3, 0.4) is 0 Å². The number of ether oxygens (including phenoxy) is 1. The Morgan fingerprint density at radius 3 is 2.25 bits per heavy atom. The van der Waals surface area contributed by atoms with E-state index in [9.17, 15) is 9.59 Å². The molecule has 2 N–H and O–H groups in total. The molecule has 0 heterocycles. The summed E-state index contributed by atoms with van der Waals surface area (Å²) in [5, 5.41) is 5.67. The molecule has 142 valence electrons. The van der Waals surface area contributed by atoms with E-state index in [4.69, 9.17) is 4.74 Å². The average Bonchev–Trinajstić information content (AvgIpc) is 2.74. The van der Waals surface area contributed by atoms with Crippen LogP contribution in [0.1, 0.15) is 34.1 Å². The largest absolute Gasteiger partial charge is 0.455 e. The van der Waals surface area contributed by atoms with Gasteiger partial charge in [0, 0.05) is 17.7 Å². The second-order valence-corrected chi connectivity index (χ2v) is 6.20. The van der Waals surface area contributed by atoms with Crippen molar-refractivity contribution in [1.82, 2.24) is 5.32 Å². The molecule has 0 unspecified atom stereocenters. The molecule has 0 aliphatic carbocycles. The zero-order chi connectivity index (χ0) is 19.8. The molecule has 3 rings (SSSR count). The van der Waals surface area contributed by atoms with Crippen LogP contribution in [0.25, 0.3) is 0 Å². The number of hydrogen-bond donors (Lipinski definition) is 2. The summed E-state index contributed by atoms with van der Waals surface area (Å²) in [5.41, 5.74) is 1.41. The standard InChI is InChI=1S/C23H22N2O3/c1-2-15-24-22(26)17-9-8-10-18(16-17)23(27)25-20-13-6-7-14-21(20)28-19-11-4-3-5-12-19/h3-14,16H,2,15H2,1H3,(H,24,26)(H,25,27). The van der Waals surface area contributed by atoms with Crippen LogP contribution in [0.2, 0.25) is 0 Å². The molecule has 0 saturated carbocycles. The first-order chi connectivity index (χ1) is 13.7. The van der Waals surface area contributed by atoms with Crippen molar-refractivity contribution in [3.8, 4) is 11.5 Å². The maximum absolute atomic E-state index is 12.7. The number of carbonyl (C=O) groups is 2. The van der Waals surface area contributed by atoms with Gasteiger partial charge in [-0.2, -0.15) is 0 Å². The van der Waals surface area contributed by atoms with Crippen LogP contribution in [0.5, 0.6) is 11.5 Å². The number of amides is 2. The lowest BCUT2D eigenvalue weighted by Crippen LogP contribution is -2.24. The Bertz CT molecular complexity index is 955. The van der Waals surface area contributed by atoms with Crippen molar-refractivity contribution in [1.29, 1.82) is 0 Å². The van der Waals surface area contributed by atoms with Crippen molar-refractivity contribution >= 4 is 17.5 Å². The second-order valence-electron chi connectivity index (χ2n) is 6.20. The lowest BCUT2D eigenvalue weighted by atomic mass is 10.1. The normalized spacial score (nSPS) is 10.2. The van der Waals surface area contributed by atoms with Gasteiger partial charge < -0.3 is 15.4 Å². The van der Waals surface area contributed by atoms with Crippen LogP contribution in [0.4, 0.5) is 5.69 Å². The molecule has 0 atom stereocenters. The van der Waals surface area contributed by atoms with Crippen LogP contribution < -0.4 is 15.4 Å². The summed E-state index contributed by atoms with van der Waals surface area (Å²) in [4.78, 5) is 24.8. The van der Waals surface area contributed by atoms with Crippen molar-refractivity contribution < 1.29 is 14.3 Å². The lowest BCUT2D eigenvalue weighted by Gasteiger charge is -2.12. The highest BCUT2D eigenvalue weighted by Gasteiger charge is 2.13. The zero-order valence-electron chi connectivity index (χ0n) is 15.6. The van der Waals surface area contributed by atoms with Gasteiger partial charge in [-0.15, -0.1) is 0 Å². The lowest BCUT2D eigenvalue weighted by molar-refractivity contribution is 0.0953. The Morgan fingerprint density at radius 2 is 1.50 bits per heavy atom. The highest BCUT2D eigenvalue weighted by molar-refractivity contribution is 6.06. The molecule has 0 aliphatic heterocycles. The molecule has 0 saturated heterocycles. The summed E-state index contributed by atoms with van der Waals surface area (Å²) >= 11 is 0. The summed E-state index contributed by atoms with van der Waals surface area (Å²) in [6.07, 6.45) is 0.851.